The van der Waals surface area contributed by atoms with Crippen molar-refractivity contribution in [3.63, 3.8) is 0 Å². The van der Waals surface area contributed by atoms with Crippen molar-refractivity contribution in [2.24, 2.45) is 5.92 Å². The molecule has 1 aromatic carbocycles. The maximum absolute atomic E-state index is 12.0. The molecule has 2 N–H and O–H groups in total. The van der Waals surface area contributed by atoms with Crippen molar-refractivity contribution in [2.75, 3.05) is 13.1 Å². The third-order valence-electron chi connectivity index (χ3n) is 3.60. The number of aromatic amines is 1. The Morgan fingerprint density at radius 1 is 1.44 bits per heavy atom. The van der Waals surface area contributed by atoms with Crippen molar-refractivity contribution in [1.29, 1.82) is 0 Å². The standard InChI is InChI=1S/C13H16BrN3O/c14-10-4-1-5-11-12(10)16-13(18)17(11)8-9-3-2-6-15-7-9/h1,4-5,9,15H,2-3,6-8H2,(H,16,18). The van der Waals surface area contributed by atoms with E-state index in [2.05, 4.69) is 26.2 Å². The Kier molecular flexibility index (Phi) is 3.26. The van der Waals surface area contributed by atoms with Gasteiger partial charge in [-0.05, 0) is 59.9 Å². The monoisotopic (exact) mass is 309 g/mol. The summed E-state index contributed by atoms with van der Waals surface area (Å²) in [5.74, 6) is 0.550. The summed E-state index contributed by atoms with van der Waals surface area (Å²) in [4.78, 5) is 15.0. The molecule has 1 saturated heterocycles. The van der Waals surface area contributed by atoms with Gasteiger partial charge in [0.25, 0.3) is 0 Å². The van der Waals surface area contributed by atoms with E-state index in [0.717, 1.165) is 35.1 Å². The molecule has 2 aromatic rings. The van der Waals surface area contributed by atoms with Gasteiger partial charge in [0.15, 0.2) is 0 Å². The molecular formula is C13H16BrN3O. The lowest BCUT2D eigenvalue weighted by atomic mass is 10.00. The van der Waals surface area contributed by atoms with Crippen LogP contribution in [0.3, 0.4) is 0 Å². The van der Waals surface area contributed by atoms with E-state index in [9.17, 15) is 4.79 Å². The number of aromatic nitrogens is 2. The average molecular weight is 310 g/mol. The molecule has 1 aromatic heterocycles. The second-order valence-corrected chi connectivity index (χ2v) is 5.74. The van der Waals surface area contributed by atoms with Crippen LogP contribution in [0.2, 0.25) is 0 Å². The van der Waals surface area contributed by atoms with Gasteiger partial charge in [0, 0.05) is 11.0 Å². The van der Waals surface area contributed by atoms with E-state index in [0.29, 0.717) is 5.92 Å². The number of nitrogens with zero attached hydrogens (tertiary/aromatic N) is 1. The predicted octanol–water partition coefficient (Wildman–Crippen LogP) is 2.09. The maximum atomic E-state index is 12.0. The highest BCUT2D eigenvalue weighted by Crippen LogP contribution is 2.22. The summed E-state index contributed by atoms with van der Waals surface area (Å²) >= 11 is 3.47. The molecule has 1 unspecified atom stereocenters. The number of halogens is 1. The lowest BCUT2D eigenvalue weighted by molar-refractivity contribution is 0.337. The van der Waals surface area contributed by atoms with Crippen LogP contribution in [-0.2, 0) is 6.54 Å². The van der Waals surface area contributed by atoms with Crippen molar-refractivity contribution in [2.45, 2.75) is 19.4 Å². The second kappa shape index (κ2) is 4.90. The highest BCUT2D eigenvalue weighted by atomic mass is 79.9. The zero-order chi connectivity index (χ0) is 12.5. The average Bonchev–Trinajstić information content (AvgIpc) is 2.70. The molecular weight excluding hydrogens is 294 g/mol. The topological polar surface area (TPSA) is 49.8 Å². The van der Waals surface area contributed by atoms with Gasteiger partial charge in [0.2, 0.25) is 0 Å². The molecule has 1 atom stereocenters. The van der Waals surface area contributed by atoms with Crippen LogP contribution in [0.4, 0.5) is 0 Å². The minimum atomic E-state index is -0.0116. The third-order valence-corrected chi connectivity index (χ3v) is 4.26. The van der Waals surface area contributed by atoms with Gasteiger partial charge in [-0.2, -0.15) is 0 Å². The number of para-hydroxylation sites is 1. The number of imidazole rings is 1. The Labute approximate surface area is 114 Å². The fourth-order valence-corrected chi connectivity index (χ4v) is 3.12. The van der Waals surface area contributed by atoms with E-state index in [1.54, 1.807) is 0 Å². The first-order valence-electron chi connectivity index (χ1n) is 6.33. The van der Waals surface area contributed by atoms with Crippen molar-refractivity contribution in [3.8, 4) is 0 Å². The Hall–Kier alpha value is -1.07. The molecule has 96 valence electrons. The maximum Gasteiger partial charge on any atom is 0.326 e. The van der Waals surface area contributed by atoms with Crippen LogP contribution >= 0.6 is 15.9 Å². The molecule has 0 aliphatic carbocycles. The fourth-order valence-electron chi connectivity index (χ4n) is 2.66. The van der Waals surface area contributed by atoms with Gasteiger partial charge in [-0.1, -0.05) is 6.07 Å². The van der Waals surface area contributed by atoms with Crippen LogP contribution in [0.5, 0.6) is 0 Å². The van der Waals surface area contributed by atoms with E-state index in [-0.39, 0.29) is 5.69 Å². The molecule has 4 nitrogen and oxygen atoms in total. The van der Waals surface area contributed by atoms with Crippen molar-refractivity contribution in [1.82, 2.24) is 14.9 Å². The number of nitrogens with one attached hydrogen (secondary N) is 2. The minimum Gasteiger partial charge on any atom is -0.316 e. The van der Waals surface area contributed by atoms with Gasteiger partial charge in [0.05, 0.1) is 11.0 Å². The number of hydrogen-bond donors (Lipinski definition) is 2. The van der Waals surface area contributed by atoms with Gasteiger partial charge in [-0.3, -0.25) is 4.57 Å². The molecule has 5 heteroatoms. The molecule has 0 bridgehead atoms. The van der Waals surface area contributed by atoms with E-state index >= 15 is 0 Å². The van der Waals surface area contributed by atoms with E-state index in [4.69, 9.17) is 0 Å². The Morgan fingerprint density at radius 2 is 2.33 bits per heavy atom. The van der Waals surface area contributed by atoms with Crippen LogP contribution in [0.15, 0.2) is 27.5 Å². The van der Waals surface area contributed by atoms with E-state index < -0.39 is 0 Å². The zero-order valence-electron chi connectivity index (χ0n) is 10.1. The molecule has 1 aliphatic rings. The van der Waals surface area contributed by atoms with Gasteiger partial charge in [0.1, 0.15) is 0 Å². The lowest BCUT2D eigenvalue weighted by Crippen LogP contribution is -2.34. The van der Waals surface area contributed by atoms with Crippen LogP contribution in [0, 0.1) is 5.92 Å². The number of hydrogen-bond acceptors (Lipinski definition) is 2. The first-order chi connectivity index (χ1) is 8.75. The molecule has 1 aliphatic heterocycles. The summed E-state index contributed by atoms with van der Waals surface area (Å²) in [5.41, 5.74) is 1.87. The summed E-state index contributed by atoms with van der Waals surface area (Å²) in [6.07, 6.45) is 2.39. The molecule has 3 rings (SSSR count). The number of rotatable bonds is 2. The van der Waals surface area contributed by atoms with Crippen molar-refractivity contribution in [3.05, 3.63) is 33.2 Å². The SMILES string of the molecule is O=c1[nH]c2c(Br)cccc2n1CC1CCCNC1. The third kappa shape index (κ3) is 2.12. The molecule has 0 amide bonds. The number of fused-ring (bicyclic) bond motifs is 1. The molecule has 2 heterocycles. The number of benzene rings is 1. The number of H-pyrrole nitrogens is 1. The summed E-state index contributed by atoms with van der Waals surface area (Å²) in [7, 11) is 0. The summed E-state index contributed by atoms with van der Waals surface area (Å²) in [6.45, 7) is 2.90. The molecule has 0 radical (unpaired) electrons. The van der Waals surface area contributed by atoms with Crippen LogP contribution < -0.4 is 11.0 Å². The van der Waals surface area contributed by atoms with E-state index in [1.165, 1.54) is 12.8 Å². The van der Waals surface area contributed by atoms with E-state index in [1.807, 2.05) is 22.8 Å². The summed E-state index contributed by atoms with van der Waals surface area (Å²) in [6, 6.07) is 5.91. The highest BCUT2D eigenvalue weighted by molar-refractivity contribution is 9.10. The van der Waals surface area contributed by atoms with Crippen molar-refractivity contribution >= 4 is 27.0 Å². The Balaban J connectivity index is 1.98. The van der Waals surface area contributed by atoms with Gasteiger partial charge in [-0.15, -0.1) is 0 Å². The molecule has 18 heavy (non-hydrogen) atoms. The molecule has 1 fully saturated rings. The predicted molar refractivity (Wildman–Crippen MR) is 75.9 cm³/mol. The first kappa shape index (κ1) is 12.0. The van der Waals surface area contributed by atoms with Crippen LogP contribution in [0.25, 0.3) is 11.0 Å². The summed E-state index contributed by atoms with van der Waals surface area (Å²) in [5, 5.41) is 3.39. The highest BCUT2D eigenvalue weighted by Gasteiger charge is 2.16. The fraction of sp³-hybridized carbons (Fsp3) is 0.462. The van der Waals surface area contributed by atoms with Crippen LogP contribution in [-0.4, -0.2) is 22.6 Å². The smallest absolute Gasteiger partial charge is 0.316 e. The van der Waals surface area contributed by atoms with Gasteiger partial charge < -0.3 is 10.3 Å². The van der Waals surface area contributed by atoms with Gasteiger partial charge >= 0.3 is 5.69 Å². The normalized spacial score (nSPS) is 20.4. The largest absolute Gasteiger partial charge is 0.326 e. The Morgan fingerprint density at radius 3 is 3.11 bits per heavy atom. The van der Waals surface area contributed by atoms with Gasteiger partial charge in [-0.25, -0.2) is 4.79 Å². The summed E-state index contributed by atoms with van der Waals surface area (Å²) < 4.78 is 2.80. The quantitative estimate of drug-likeness (QED) is 0.892. The second-order valence-electron chi connectivity index (χ2n) is 4.89. The Bertz CT molecular complexity index is 610. The molecule has 0 saturated carbocycles. The zero-order valence-corrected chi connectivity index (χ0v) is 11.7. The first-order valence-corrected chi connectivity index (χ1v) is 7.13. The van der Waals surface area contributed by atoms with Crippen molar-refractivity contribution < 1.29 is 0 Å². The molecule has 0 spiro atoms. The van der Waals surface area contributed by atoms with Crippen LogP contribution in [0.1, 0.15) is 12.8 Å². The lowest BCUT2D eigenvalue weighted by Gasteiger charge is -2.22. The number of piperidine rings is 1. The minimum absolute atomic E-state index is 0.0116.